The Morgan fingerprint density at radius 3 is 2.45 bits per heavy atom. The Kier molecular flexibility index (Phi) is 3.48. The maximum absolute atomic E-state index is 12.4. The summed E-state index contributed by atoms with van der Waals surface area (Å²) in [5, 5.41) is 0. The van der Waals surface area contributed by atoms with E-state index in [-0.39, 0.29) is 6.54 Å². The molecule has 6 heteroatoms. The predicted molar refractivity (Wildman–Crippen MR) is 77.5 cm³/mol. The highest BCUT2D eigenvalue weighted by molar-refractivity contribution is 5.37. The summed E-state index contributed by atoms with van der Waals surface area (Å²) in [5.41, 5.74) is 1.81. The lowest BCUT2D eigenvalue weighted by atomic mass is 10.1. The molecule has 0 aliphatic carbocycles. The Balaban J connectivity index is 2.81. The average Bonchev–Trinajstić information content (AvgIpc) is 2.59. The molecule has 0 radical (unpaired) electrons. The van der Waals surface area contributed by atoms with Crippen LogP contribution in [0.15, 0.2) is 28.3 Å². The summed E-state index contributed by atoms with van der Waals surface area (Å²) < 4.78 is 3.71. The lowest BCUT2D eigenvalue weighted by Crippen LogP contribution is -2.29. The zero-order valence-electron chi connectivity index (χ0n) is 12.2. The SMILES string of the molecule is C=CCn1c(=O)n(-c2nc(C)c(C)cc2C)c(=O)n1C. The number of aromatic nitrogens is 4. The Labute approximate surface area is 116 Å². The molecule has 0 aliphatic heterocycles. The van der Waals surface area contributed by atoms with Crippen molar-refractivity contribution in [1.82, 2.24) is 18.9 Å². The smallest absolute Gasteiger partial charge is 0.245 e. The van der Waals surface area contributed by atoms with E-state index < -0.39 is 11.4 Å². The molecular formula is C14H18N4O2. The molecule has 2 aromatic heterocycles. The number of hydrogen-bond donors (Lipinski definition) is 0. The first-order valence-electron chi connectivity index (χ1n) is 6.33. The van der Waals surface area contributed by atoms with Crippen molar-refractivity contribution < 1.29 is 0 Å². The molecular weight excluding hydrogens is 256 g/mol. The van der Waals surface area contributed by atoms with E-state index in [1.807, 2.05) is 26.8 Å². The van der Waals surface area contributed by atoms with Gasteiger partial charge in [0, 0.05) is 12.7 Å². The van der Waals surface area contributed by atoms with Crippen molar-refractivity contribution in [2.75, 3.05) is 0 Å². The number of pyridine rings is 1. The lowest BCUT2D eigenvalue weighted by molar-refractivity contribution is 0.531. The monoisotopic (exact) mass is 274 g/mol. The molecule has 2 rings (SSSR count). The molecule has 2 heterocycles. The van der Waals surface area contributed by atoms with Crippen LogP contribution in [0.25, 0.3) is 5.82 Å². The summed E-state index contributed by atoms with van der Waals surface area (Å²) in [6.07, 6.45) is 1.58. The Bertz CT molecular complexity index is 793. The summed E-state index contributed by atoms with van der Waals surface area (Å²) in [7, 11) is 1.56. The van der Waals surface area contributed by atoms with Crippen LogP contribution in [-0.2, 0) is 13.6 Å². The fourth-order valence-electron chi connectivity index (χ4n) is 2.13. The van der Waals surface area contributed by atoms with Crippen molar-refractivity contribution in [1.29, 1.82) is 0 Å². The highest BCUT2D eigenvalue weighted by Crippen LogP contribution is 2.12. The van der Waals surface area contributed by atoms with Crippen molar-refractivity contribution in [2.45, 2.75) is 27.3 Å². The van der Waals surface area contributed by atoms with Gasteiger partial charge in [-0.15, -0.1) is 6.58 Å². The van der Waals surface area contributed by atoms with Crippen LogP contribution in [0.2, 0.25) is 0 Å². The first kappa shape index (κ1) is 14.0. The first-order valence-corrected chi connectivity index (χ1v) is 6.33. The van der Waals surface area contributed by atoms with E-state index >= 15 is 0 Å². The molecule has 0 amide bonds. The maximum atomic E-state index is 12.4. The largest absolute Gasteiger partial charge is 0.353 e. The maximum Gasteiger partial charge on any atom is 0.353 e. The standard InChI is InChI=1S/C14H18N4O2/c1-6-7-17-14(20)18(13(19)16(17)5)12-10(3)8-9(2)11(4)15-12/h6,8H,1,7H2,2-5H3. The van der Waals surface area contributed by atoms with Crippen molar-refractivity contribution in [2.24, 2.45) is 7.05 Å². The van der Waals surface area contributed by atoms with Crippen LogP contribution in [0.3, 0.4) is 0 Å². The van der Waals surface area contributed by atoms with E-state index in [1.54, 1.807) is 13.1 Å². The second-order valence-electron chi connectivity index (χ2n) is 4.83. The fraction of sp³-hybridized carbons (Fsp3) is 0.357. The second-order valence-corrected chi connectivity index (χ2v) is 4.83. The van der Waals surface area contributed by atoms with Gasteiger partial charge >= 0.3 is 11.4 Å². The topological polar surface area (TPSA) is 61.8 Å². The van der Waals surface area contributed by atoms with Gasteiger partial charge in [-0.25, -0.2) is 23.9 Å². The zero-order valence-corrected chi connectivity index (χ0v) is 12.2. The third kappa shape index (κ3) is 2.03. The number of nitrogens with zero attached hydrogens (tertiary/aromatic N) is 4. The van der Waals surface area contributed by atoms with Crippen molar-refractivity contribution in [3.63, 3.8) is 0 Å². The molecule has 0 fully saturated rings. The average molecular weight is 274 g/mol. The molecule has 106 valence electrons. The van der Waals surface area contributed by atoms with Crippen LogP contribution in [0.4, 0.5) is 0 Å². The fourth-order valence-corrected chi connectivity index (χ4v) is 2.13. The summed E-state index contributed by atoms with van der Waals surface area (Å²) in [5.74, 6) is 0.390. The van der Waals surface area contributed by atoms with E-state index in [1.165, 1.54) is 9.36 Å². The van der Waals surface area contributed by atoms with Crippen molar-refractivity contribution >= 4 is 0 Å². The van der Waals surface area contributed by atoms with Crippen LogP contribution in [0.5, 0.6) is 0 Å². The number of allylic oxidation sites excluding steroid dienone is 1. The van der Waals surface area contributed by atoms with E-state index in [9.17, 15) is 9.59 Å². The molecule has 0 saturated heterocycles. The minimum atomic E-state index is -0.407. The summed E-state index contributed by atoms with van der Waals surface area (Å²) in [6, 6.07) is 1.92. The molecule has 0 saturated carbocycles. The Morgan fingerprint density at radius 2 is 1.85 bits per heavy atom. The van der Waals surface area contributed by atoms with Crippen LogP contribution in [0.1, 0.15) is 16.8 Å². The van der Waals surface area contributed by atoms with Gasteiger partial charge in [-0.2, -0.15) is 4.57 Å². The molecule has 0 N–H and O–H groups in total. The third-order valence-electron chi connectivity index (χ3n) is 3.39. The van der Waals surface area contributed by atoms with Gasteiger partial charge in [0.05, 0.1) is 6.54 Å². The Morgan fingerprint density at radius 1 is 1.20 bits per heavy atom. The van der Waals surface area contributed by atoms with Gasteiger partial charge < -0.3 is 0 Å². The van der Waals surface area contributed by atoms with E-state index in [4.69, 9.17) is 0 Å². The minimum Gasteiger partial charge on any atom is -0.245 e. The molecule has 2 aromatic rings. The van der Waals surface area contributed by atoms with Gasteiger partial charge in [0.1, 0.15) is 5.82 Å². The van der Waals surface area contributed by atoms with Gasteiger partial charge in [0.2, 0.25) is 0 Å². The quantitative estimate of drug-likeness (QED) is 0.779. The van der Waals surface area contributed by atoms with Crippen LogP contribution in [-0.4, -0.2) is 18.9 Å². The predicted octanol–water partition coefficient (Wildman–Crippen LogP) is 0.844. The minimum absolute atomic E-state index is 0.279. The van der Waals surface area contributed by atoms with Crippen LogP contribution >= 0.6 is 0 Å². The summed E-state index contributed by atoms with van der Waals surface area (Å²) in [6.45, 7) is 9.51. The highest BCUT2D eigenvalue weighted by atomic mass is 16.2. The zero-order chi connectivity index (χ0) is 15.0. The lowest BCUT2D eigenvalue weighted by Gasteiger charge is -2.07. The number of hydrogen-bond acceptors (Lipinski definition) is 3. The Hall–Kier alpha value is -2.37. The van der Waals surface area contributed by atoms with Gasteiger partial charge in [-0.05, 0) is 31.9 Å². The third-order valence-corrected chi connectivity index (χ3v) is 3.39. The summed E-state index contributed by atoms with van der Waals surface area (Å²) in [4.78, 5) is 29.0. The normalized spacial score (nSPS) is 10.8. The molecule has 6 nitrogen and oxygen atoms in total. The van der Waals surface area contributed by atoms with E-state index in [0.29, 0.717) is 5.82 Å². The van der Waals surface area contributed by atoms with E-state index in [2.05, 4.69) is 11.6 Å². The molecule has 0 aliphatic rings. The molecule has 0 aromatic carbocycles. The van der Waals surface area contributed by atoms with Crippen LogP contribution < -0.4 is 11.4 Å². The van der Waals surface area contributed by atoms with E-state index in [0.717, 1.165) is 21.4 Å². The molecule has 0 spiro atoms. The van der Waals surface area contributed by atoms with Crippen molar-refractivity contribution in [3.05, 3.63) is 56.5 Å². The first-order chi connectivity index (χ1) is 9.38. The molecule has 0 unspecified atom stereocenters. The highest BCUT2D eigenvalue weighted by Gasteiger charge is 2.17. The molecule has 0 atom stereocenters. The summed E-state index contributed by atoms with van der Waals surface area (Å²) >= 11 is 0. The van der Waals surface area contributed by atoms with Gasteiger partial charge in [-0.3, -0.25) is 0 Å². The van der Waals surface area contributed by atoms with Gasteiger partial charge in [-0.1, -0.05) is 12.1 Å². The van der Waals surface area contributed by atoms with Gasteiger partial charge in [0.15, 0.2) is 0 Å². The van der Waals surface area contributed by atoms with Gasteiger partial charge in [0.25, 0.3) is 0 Å². The van der Waals surface area contributed by atoms with Crippen LogP contribution in [0, 0.1) is 20.8 Å². The second kappa shape index (κ2) is 4.96. The van der Waals surface area contributed by atoms with Crippen molar-refractivity contribution in [3.8, 4) is 5.82 Å². The number of aryl methyl sites for hydroxylation is 3. The molecule has 20 heavy (non-hydrogen) atoms. The number of rotatable bonds is 3. The molecule has 0 bridgehead atoms.